The predicted octanol–water partition coefficient (Wildman–Crippen LogP) is 1.79. The van der Waals surface area contributed by atoms with Crippen LogP contribution in [-0.2, 0) is 6.42 Å². The molecule has 1 aliphatic rings. The van der Waals surface area contributed by atoms with E-state index in [9.17, 15) is 4.79 Å². The first kappa shape index (κ1) is 16.0. The number of likely N-dealkylation sites (tertiary alicyclic amines) is 1. The van der Waals surface area contributed by atoms with Crippen LogP contribution in [0.5, 0.6) is 0 Å². The Balaban J connectivity index is 1.80. The lowest BCUT2D eigenvalue weighted by Crippen LogP contribution is -2.44. The first-order chi connectivity index (χ1) is 10.2. The molecule has 4 heteroatoms. The van der Waals surface area contributed by atoms with E-state index >= 15 is 0 Å². The zero-order valence-corrected chi connectivity index (χ0v) is 13.0. The second-order valence-corrected chi connectivity index (χ2v) is 5.89. The molecular formula is C17H27N3O. The summed E-state index contributed by atoms with van der Waals surface area (Å²) in [6.07, 6.45) is 4.75. The van der Waals surface area contributed by atoms with Gasteiger partial charge in [0.05, 0.1) is 0 Å². The van der Waals surface area contributed by atoms with Crippen molar-refractivity contribution in [3.63, 3.8) is 0 Å². The van der Waals surface area contributed by atoms with E-state index in [-0.39, 0.29) is 5.91 Å². The van der Waals surface area contributed by atoms with E-state index in [0.29, 0.717) is 19.1 Å². The number of carbonyl (C=O) groups is 1. The van der Waals surface area contributed by atoms with Crippen molar-refractivity contribution >= 4 is 5.91 Å². The molecule has 1 saturated heterocycles. The molecule has 0 saturated carbocycles. The number of rotatable bonds is 6. The molecule has 1 heterocycles. The number of nitrogens with two attached hydrogens (primary N) is 1. The Morgan fingerprint density at radius 1 is 1.24 bits per heavy atom. The molecule has 1 unspecified atom stereocenters. The van der Waals surface area contributed by atoms with Gasteiger partial charge in [0.15, 0.2) is 0 Å². The van der Waals surface area contributed by atoms with Crippen LogP contribution in [0.15, 0.2) is 24.3 Å². The van der Waals surface area contributed by atoms with Crippen LogP contribution < -0.4 is 11.1 Å². The Morgan fingerprint density at radius 2 is 1.90 bits per heavy atom. The van der Waals surface area contributed by atoms with Crippen molar-refractivity contribution in [3.8, 4) is 0 Å². The van der Waals surface area contributed by atoms with Gasteiger partial charge in [-0.15, -0.1) is 0 Å². The summed E-state index contributed by atoms with van der Waals surface area (Å²) in [5.41, 5.74) is 7.43. The van der Waals surface area contributed by atoms with Gasteiger partial charge in [-0.05, 0) is 63.5 Å². The molecule has 116 valence electrons. The smallest absolute Gasteiger partial charge is 0.251 e. The third-order valence-corrected chi connectivity index (χ3v) is 4.22. The van der Waals surface area contributed by atoms with Gasteiger partial charge in [-0.3, -0.25) is 9.69 Å². The number of hydrogen-bond acceptors (Lipinski definition) is 3. The number of nitrogens with one attached hydrogen (secondary N) is 1. The first-order valence-corrected chi connectivity index (χ1v) is 8.02. The highest BCUT2D eigenvalue weighted by Gasteiger charge is 2.17. The van der Waals surface area contributed by atoms with Gasteiger partial charge in [-0.25, -0.2) is 0 Å². The summed E-state index contributed by atoms with van der Waals surface area (Å²) in [5.74, 6) is 0.0122. The van der Waals surface area contributed by atoms with Gasteiger partial charge < -0.3 is 11.1 Å². The lowest BCUT2D eigenvalue weighted by atomic mass is 10.1. The minimum Gasteiger partial charge on any atom is -0.350 e. The zero-order valence-electron chi connectivity index (χ0n) is 13.0. The molecular weight excluding hydrogens is 262 g/mol. The van der Waals surface area contributed by atoms with E-state index < -0.39 is 0 Å². The second-order valence-electron chi connectivity index (χ2n) is 5.89. The quantitative estimate of drug-likeness (QED) is 0.839. The maximum Gasteiger partial charge on any atom is 0.251 e. The standard InChI is InChI=1S/C17H27N3O/c1-14(20-11-3-2-4-12-20)13-19-17(21)16-7-5-15(6-8-16)9-10-18/h5-8,14H,2-4,9-13,18H2,1H3,(H,19,21). The van der Waals surface area contributed by atoms with Crippen molar-refractivity contribution in [2.24, 2.45) is 5.73 Å². The summed E-state index contributed by atoms with van der Waals surface area (Å²) < 4.78 is 0. The van der Waals surface area contributed by atoms with Crippen LogP contribution in [0.25, 0.3) is 0 Å². The number of benzene rings is 1. The first-order valence-electron chi connectivity index (χ1n) is 8.02. The molecule has 0 radical (unpaired) electrons. The predicted molar refractivity (Wildman–Crippen MR) is 86.4 cm³/mol. The van der Waals surface area contributed by atoms with Crippen LogP contribution in [0.2, 0.25) is 0 Å². The third-order valence-electron chi connectivity index (χ3n) is 4.22. The summed E-state index contributed by atoms with van der Waals surface area (Å²) in [4.78, 5) is 14.6. The fourth-order valence-corrected chi connectivity index (χ4v) is 2.82. The van der Waals surface area contributed by atoms with Crippen molar-refractivity contribution in [2.75, 3.05) is 26.2 Å². The van der Waals surface area contributed by atoms with Crippen LogP contribution in [0, 0.1) is 0 Å². The molecule has 0 aromatic heterocycles. The van der Waals surface area contributed by atoms with Crippen LogP contribution in [0.4, 0.5) is 0 Å². The summed E-state index contributed by atoms with van der Waals surface area (Å²) in [5, 5.41) is 3.04. The highest BCUT2D eigenvalue weighted by atomic mass is 16.1. The Kier molecular flexibility index (Phi) is 6.21. The van der Waals surface area contributed by atoms with E-state index in [1.54, 1.807) is 0 Å². The lowest BCUT2D eigenvalue weighted by Gasteiger charge is -2.32. The molecule has 0 spiro atoms. The SMILES string of the molecule is CC(CNC(=O)c1ccc(CCN)cc1)N1CCCCC1. The van der Waals surface area contributed by atoms with E-state index in [0.717, 1.165) is 25.1 Å². The highest BCUT2D eigenvalue weighted by molar-refractivity contribution is 5.94. The molecule has 1 aromatic rings. The minimum absolute atomic E-state index is 0.0122. The van der Waals surface area contributed by atoms with E-state index in [1.165, 1.54) is 24.8 Å². The fourth-order valence-electron chi connectivity index (χ4n) is 2.82. The number of carbonyl (C=O) groups excluding carboxylic acids is 1. The lowest BCUT2D eigenvalue weighted by molar-refractivity contribution is 0.0930. The van der Waals surface area contributed by atoms with Crippen LogP contribution in [0.1, 0.15) is 42.1 Å². The Bertz CT molecular complexity index is 438. The maximum atomic E-state index is 12.1. The molecule has 21 heavy (non-hydrogen) atoms. The average Bonchev–Trinajstić information content (AvgIpc) is 2.54. The van der Waals surface area contributed by atoms with Gasteiger partial charge in [-0.2, -0.15) is 0 Å². The van der Waals surface area contributed by atoms with Gasteiger partial charge in [0, 0.05) is 18.2 Å². The molecule has 3 N–H and O–H groups in total. The van der Waals surface area contributed by atoms with Gasteiger partial charge in [0.2, 0.25) is 0 Å². The van der Waals surface area contributed by atoms with Crippen molar-refractivity contribution in [1.29, 1.82) is 0 Å². The number of hydrogen-bond donors (Lipinski definition) is 2. The molecule has 1 fully saturated rings. The van der Waals surface area contributed by atoms with Gasteiger partial charge in [0.25, 0.3) is 5.91 Å². The Labute approximate surface area is 127 Å². The Morgan fingerprint density at radius 3 is 2.52 bits per heavy atom. The molecule has 1 amide bonds. The average molecular weight is 289 g/mol. The fraction of sp³-hybridized carbons (Fsp3) is 0.588. The monoisotopic (exact) mass is 289 g/mol. The molecule has 2 rings (SSSR count). The van der Waals surface area contributed by atoms with Crippen molar-refractivity contribution < 1.29 is 4.79 Å². The zero-order chi connectivity index (χ0) is 15.1. The number of nitrogens with zero attached hydrogens (tertiary/aromatic N) is 1. The molecule has 0 aliphatic carbocycles. The van der Waals surface area contributed by atoms with Gasteiger partial charge in [-0.1, -0.05) is 18.6 Å². The summed E-state index contributed by atoms with van der Waals surface area (Å²) in [7, 11) is 0. The minimum atomic E-state index is 0.0122. The molecule has 1 aliphatic heterocycles. The van der Waals surface area contributed by atoms with Gasteiger partial charge >= 0.3 is 0 Å². The van der Waals surface area contributed by atoms with Crippen molar-refractivity contribution in [2.45, 2.75) is 38.6 Å². The van der Waals surface area contributed by atoms with E-state index in [2.05, 4.69) is 17.1 Å². The second kappa shape index (κ2) is 8.15. The van der Waals surface area contributed by atoms with Crippen molar-refractivity contribution in [1.82, 2.24) is 10.2 Å². The maximum absolute atomic E-state index is 12.1. The molecule has 4 nitrogen and oxygen atoms in total. The van der Waals surface area contributed by atoms with Crippen molar-refractivity contribution in [3.05, 3.63) is 35.4 Å². The molecule has 1 aromatic carbocycles. The third kappa shape index (κ3) is 4.83. The van der Waals surface area contributed by atoms with Crippen LogP contribution in [-0.4, -0.2) is 43.0 Å². The van der Waals surface area contributed by atoms with Gasteiger partial charge in [0.1, 0.15) is 0 Å². The number of amides is 1. The normalized spacial score (nSPS) is 17.4. The topological polar surface area (TPSA) is 58.4 Å². The van der Waals surface area contributed by atoms with E-state index in [4.69, 9.17) is 5.73 Å². The largest absolute Gasteiger partial charge is 0.350 e. The molecule has 1 atom stereocenters. The summed E-state index contributed by atoms with van der Waals surface area (Å²) in [6, 6.07) is 8.13. The van der Waals surface area contributed by atoms with E-state index in [1.807, 2.05) is 24.3 Å². The highest BCUT2D eigenvalue weighted by Crippen LogP contribution is 2.11. The summed E-state index contributed by atoms with van der Waals surface area (Å²) >= 11 is 0. The van der Waals surface area contributed by atoms with Crippen LogP contribution in [0.3, 0.4) is 0 Å². The summed E-state index contributed by atoms with van der Waals surface area (Å²) in [6.45, 7) is 5.86. The Hall–Kier alpha value is -1.39. The van der Waals surface area contributed by atoms with Crippen LogP contribution >= 0.6 is 0 Å². The number of piperidine rings is 1. The molecule has 0 bridgehead atoms.